The van der Waals surface area contributed by atoms with Crippen LogP contribution in [0.2, 0.25) is 0 Å². The Morgan fingerprint density at radius 3 is 2.59 bits per heavy atom. The molecule has 168 valence electrons. The summed E-state index contributed by atoms with van der Waals surface area (Å²) in [7, 11) is -4.02. The SMILES string of the molecule is Cc1cn(CCNS(=O)(=O)c2ccccc2F)c2ccc(-c3noc(C(F)(F)F)n3)cc12. The van der Waals surface area contributed by atoms with Gasteiger partial charge in [0.25, 0.3) is 0 Å². The number of halogens is 4. The van der Waals surface area contributed by atoms with Gasteiger partial charge in [-0.15, -0.1) is 0 Å². The Hall–Kier alpha value is -3.25. The highest BCUT2D eigenvalue weighted by atomic mass is 32.2. The van der Waals surface area contributed by atoms with Crippen LogP contribution in [0.25, 0.3) is 22.3 Å². The van der Waals surface area contributed by atoms with Crippen molar-refractivity contribution >= 4 is 20.9 Å². The minimum absolute atomic E-state index is 0.00141. The number of rotatable bonds is 6. The van der Waals surface area contributed by atoms with Crippen molar-refractivity contribution in [3.63, 3.8) is 0 Å². The molecule has 0 radical (unpaired) electrons. The van der Waals surface area contributed by atoms with Crippen molar-refractivity contribution in [2.24, 2.45) is 0 Å². The Balaban J connectivity index is 1.54. The summed E-state index contributed by atoms with van der Waals surface area (Å²) in [4.78, 5) is 2.96. The van der Waals surface area contributed by atoms with Crippen LogP contribution in [-0.2, 0) is 22.7 Å². The van der Waals surface area contributed by atoms with E-state index in [0.717, 1.165) is 22.5 Å². The quantitative estimate of drug-likeness (QED) is 0.430. The van der Waals surface area contributed by atoms with Crippen LogP contribution in [0.5, 0.6) is 0 Å². The van der Waals surface area contributed by atoms with E-state index in [0.29, 0.717) is 5.56 Å². The number of nitrogens with zero attached hydrogens (tertiary/aromatic N) is 3. The van der Waals surface area contributed by atoms with E-state index >= 15 is 0 Å². The second-order valence-corrected chi connectivity index (χ2v) is 8.72. The number of nitrogens with one attached hydrogen (secondary N) is 1. The summed E-state index contributed by atoms with van der Waals surface area (Å²) in [6, 6.07) is 9.93. The summed E-state index contributed by atoms with van der Waals surface area (Å²) in [5.41, 5.74) is 1.90. The molecule has 12 heteroatoms. The molecule has 2 aromatic heterocycles. The van der Waals surface area contributed by atoms with Crippen LogP contribution in [0.3, 0.4) is 0 Å². The number of hydrogen-bond donors (Lipinski definition) is 1. The standard InChI is InChI=1S/C20H16F4N4O3S/c1-12-11-28(9-8-25-32(29,30)17-5-3-2-4-15(17)21)16-7-6-13(10-14(12)16)18-26-19(31-27-18)20(22,23)24/h2-7,10-11,25H,8-9H2,1H3. The van der Waals surface area contributed by atoms with E-state index in [1.807, 2.05) is 6.92 Å². The van der Waals surface area contributed by atoms with Crippen molar-refractivity contribution in [2.45, 2.75) is 24.5 Å². The number of aryl methyl sites for hydroxylation is 1. The summed E-state index contributed by atoms with van der Waals surface area (Å²) in [6.07, 6.45) is -2.95. The number of fused-ring (bicyclic) bond motifs is 1. The summed E-state index contributed by atoms with van der Waals surface area (Å²) < 4.78 is 85.0. The maximum atomic E-state index is 13.8. The van der Waals surface area contributed by atoms with Crippen molar-refractivity contribution in [1.82, 2.24) is 19.4 Å². The maximum Gasteiger partial charge on any atom is 0.471 e. The van der Waals surface area contributed by atoms with Crippen LogP contribution in [-0.4, -0.2) is 29.7 Å². The van der Waals surface area contributed by atoms with Gasteiger partial charge >= 0.3 is 12.1 Å². The molecule has 0 saturated heterocycles. The van der Waals surface area contributed by atoms with Crippen LogP contribution < -0.4 is 4.72 Å². The first-order chi connectivity index (χ1) is 15.1. The van der Waals surface area contributed by atoms with Gasteiger partial charge in [0.1, 0.15) is 10.7 Å². The van der Waals surface area contributed by atoms with Crippen molar-refractivity contribution in [1.29, 1.82) is 0 Å². The van der Waals surface area contributed by atoms with E-state index in [1.165, 1.54) is 18.2 Å². The molecule has 1 N–H and O–H groups in total. The number of benzene rings is 2. The molecular weight excluding hydrogens is 452 g/mol. The third-order valence-electron chi connectivity index (χ3n) is 4.78. The largest absolute Gasteiger partial charge is 0.471 e. The third-order valence-corrected chi connectivity index (χ3v) is 6.27. The maximum absolute atomic E-state index is 13.8. The molecule has 0 saturated carbocycles. The molecule has 0 bridgehead atoms. The molecule has 0 unspecified atom stereocenters. The van der Waals surface area contributed by atoms with E-state index in [-0.39, 0.29) is 18.9 Å². The van der Waals surface area contributed by atoms with Gasteiger partial charge in [0.05, 0.1) is 0 Å². The van der Waals surface area contributed by atoms with Crippen LogP contribution >= 0.6 is 0 Å². The molecule has 32 heavy (non-hydrogen) atoms. The summed E-state index contributed by atoms with van der Waals surface area (Å²) in [5, 5.41) is 4.12. The molecule has 4 aromatic rings. The zero-order valence-corrected chi connectivity index (χ0v) is 17.3. The van der Waals surface area contributed by atoms with Gasteiger partial charge in [-0.1, -0.05) is 17.3 Å². The smallest absolute Gasteiger partial charge is 0.346 e. The summed E-state index contributed by atoms with van der Waals surface area (Å²) in [6.45, 7) is 2.06. The first kappa shape index (κ1) is 22.0. The number of aromatic nitrogens is 3. The lowest BCUT2D eigenvalue weighted by Crippen LogP contribution is -2.28. The summed E-state index contributed by atoms with van der Waals surface area (Å²) >= 11 is 0. The van der Waals surface area contributed by atoms with E-state index in [4.69, 9.17) is 0 Å². The van der Waals surface area contributed by atoms with Gasteiger partial charge in [0.15, 0.2) is 0 Å². The molecule has 0 fully saturated rings. The Labute approximate surface area is 179 Å². The highest BCUT2D eigenvalue weighted by Gasteiger charge is 2.38. The van der Waals surface area contributed by atoms with Crippen LogP contribution in [0.15, 0.2) is 58.1 Å². The highest BCUT2D eigenvalue weighted by Crippen LogP contribution is 2.31. The van der Waals surface area contributed by atoms with E-state index in [9.17, 15) is 26.0 Å². The predicted molar refractivity (Wildman–Crippen MR) is 107 cm³/mol. The summed E-state index contributed by atoms with van der Waals surface area (Å²) in [5.74, 6) is -2.46. The molecule has 0 aliphatic carbocycles. The van der Waals surface area contributed by atoms with Gasteiger partial charge in [-0.05, 0) is 42.8 Å². The highest BCUT2D eigenvalue weighted by molar-refractivity contribution is 7.89. The average molecular weight is 468 g/mol. The first-order valence-corrected chi connectivity index (χ1v) is 10.8. The number of hydrogen-bond acceptors (Lipinski definition) is 5. The normalized spacial score (nSPS) is 12.5. The van der Waals surface area contributed by atoms with Crippen molar-refractivity contribution in [3.05, 3.63) is 65.9 Å². The second-order valence-electron chi connectivity index (χ2n) is 6.99. The molecule has 2 heterocycles. The van der Waals surface area contributed by atoms with Gasteiger partial charge in [-0.25, -0.2) is 17.5 Å². The fourth-order valence-electron chi connectivity index (χ4n) is 3.30. The first-order valence-electron chi connectivity index (χ1n) is 9.31. The third kappa shape index (κ3) is 4.23. The molecule has 2 aromatic carbocycles. The molecule has 0 amide bonds. The molecule has 0 aliphatic rings. The Kier molecular flexibility index (Phi) is 5.51. The minimum atomic E-state index is -4.73. The molecule has 0 spiro atoms. The van der Waals surface area contributed by atoms with Crippen LogP contribution in [0, 0.1) is 12.7 Å². The Bertz CT molecular complexity index is 1390. The van der Waals surface area contributed by atoms with Crippen molar-refractivity contribution in [3.8, 4) is 11.4 Å². The fourth-order valence-corrected chi connectivity index (χ4v) is 4.39. The molecule has 0 aliphatic heterocycles. The van der Waals surface area contributed by atoms with E-state index in [1.54, 1.807) is 29.0 Å². The van der Waals surface area contributed by atoms with E-state index < -0.39 is 32.8 Å². The predicted octanol–water partition coefficient (Wildman–Crippen LogP) is 4.14. The molecular formula is C20H16F4N4O3S. The van der Waals surface area contributed by atoms with Gasteiger partial charge in [-0.2, -0.15) is 18.2 Å². The van der Waals surface area contributed by atoms with Gasteiger partial charge in [0.2, 0.25) is 15.8 Å². The zero-order valence-electron chi connectivity index (χ0n) is 16.5. The fraction of sp³-hybridized carbons (Fsp3) is 0.200. The Morgan fingerprint density at radius 2 is 1.91 bits per heavy atom. The van der Waals surface area contributed by atoms with Crippen molar-refractivity contribution in [2.75, 3.05) is 6.54 Å². The zero-order chi connectivity index (χ0) is 23.1. The Morgan fingerprint density at radius 1 is 1.16 bits per heavy atom. The second kappa shape index (κ2) is 8.02. The van der Waals surface area contributed by atoms with Gasteiger partial charge in [0, 0.05) is 35.8 Å². The van der Waals surface area contributed by atoms with Gasteiger partial charge in [-0.3, -0.25) is 0 Å². The topological polar surface area (TPSA) is 90.0 Å². The van der Waals surface area contributed by atoms with E-state index in [2.05, 4.69) is 19.4 Å². The lowest BCUT2D eigenvalue weighted by molar-refractivity contribution is -0.159. The lowest BCUT2D eigenvalue weighted by Gasteiger charge is -2.09. The monoisotopic (exact) mass is 468 g/mol. The number of alkyl halides is 3. The lowest BCUT2D eigenvalue weighted by atomic mass is 10.1. The van der Waals surface area contributed by atoms with Crippen LogP contribution in [0.4, 0.5) is 17.6 Å². The van der Waals surface area contributed by atoms with Gasteiger partial charge < -0.3 is 9.09 Å². The van der Waals surface area contributed by atoms with Crippen LogP contribution in [0.1, 0.15) is 11.5 Å². The molecule has 0 atom stereocenters. The number of sulfonamides is 1. The minimum Gasteiger partial charge on any atom is -0.346 e. The molecule has 4 rings (SSSR count). The van der Waals surface area contributed by atoms with Crippen molar-refractivity contribution < 1.29 is 30.5 Å². The molecule has 7 nitrogen and oxygen atoms in total. The average Bonchev–Trinajstić information content (AvgIpc) is 3.34.